The van der Waals surface area contributed by atoms with Crippen LogP contribution in [0.15, 0.2) is 12.3 Å². The van der Waals surface area contributed by atoms with E-state index in [0.29, 0.717) is 17.1 Å². The highest BCUT2D eigenvalue weighted by molar-refractivity contribution is 7.99. The fourth-order valence-electron chi connectivity index (χ4n) is 1.22. The molecule has 0 spiro atoms. The van der Waals surface area contributed by atoms with Crippen LogP contribution in [-0.4, -0.2) is 35.6 Å². The third kappa shape index (κ3) is 3.80. The van der Waals surface area contributed by atoms with Gasteiger partial charge in [0.15, 0.2) is 0 Å². The van der Waals surface area contributed by atoms with Crippen molar-refractivity contribution in [3.8, 4) is 0 Å². The second kappa shape index (κ2) is 5.95. The second-order valence-electron chi connectivity index (χ2n) is 4.47. The van der Waals surface area contributed by atoms with Crippen LogP contribution in [-0.2, 0) is 4.74 Å². The molecule has 1 aromatic heterocycles. The summed E-state index contributed by atoms with van der Waals surface area (Å²) >= 11 is 1.76. The monoisotopic (exact) mass is 269 g/mol. The highest BCUT2D eigenvalue weighted by Gasteiger charge is 2.17. The molecule has 0 saturated carbocycles. The Morgan fingerprint density at radius 3 is 2.83 bits per heavy atom. The van der Waals surface area contributed by atoms with Gasteiger partial charge in [-0.2, -0.15) is 11.8 Å². The van der Waals surface area contributed by atoms with E-state index < -0.39 is 5.97 Å². The smallest absolute Gasteiger partial charge is 0.340 e. The zero-order chi connectivity index (χ0) is 13.8. The van der Waals surface area contributed by atoms with Crippen LogP contribution in [0.1, 0.15) is 24.2 Å². The molecule has 100 valence electrons. The Balaban J connectivity index is 2.83. The maximum Gasteiger partial charge on any atom is 0.340 e. The highest BCUT2D eigenvalue weighted by Crippen LogP contribution is 2.22. The maximum atomic E-state index is 11.5. The number of nitrogens with zero attached hydrogens (tertiary/aromatic N) is 1. The number of nitrogens with one attached hydrogen (secondary N) is 1. The fourth-order valence-corrected chi connectivity index (χ4v) is 1.44. The molecule has 5 nitrogen and oxygen atoms in total. The van der Waals surface area contributed by atoms with Gasteiger partial charge in [-0.15, -0.1) is 0 Å². The minimum atomic E-state index is -0.456. The van der Waals surface area contributed by atoms with E-state index in [2.05, 4.69) is 35.1 Å². The predicted molar refractivity (Wildman–Crippen MR) is 76.1 cm³/mol. The summed E-state index contributed by atoms with van der Waals surface area (Å²) < 4.78 is 4.75. The fraction of sp³-hybridized carbons (Fsp3) is 0.500. The van der Waals surface area contributed by atoms with E-state index in [1.807, 2.05) is 0 Å². The van der Waals surface area contributed by atoms with Gasteiger partial charge in [0, 0.05) is 11.3 Å². The Morgan fingerprint density at radius 2 is 2.28 bits per heavy atom. The van der Waals surface area contributed by atoms with E-state index in [4.69, 9.17) is 5.73 Å². The van der Waals surface area contributed by atoms with Crippen molar-refractivity contribution >= 4 is 29.2 Å². The van der Waals surface area contributed by atoms with E-state index in [-0.39, 0.29) is 4.75 Å². The van der Waals surface area contributed by atoms with Crippen molar-refractivity contribution in [3.05, 3.63) is 17.8 Å². The van der Waals surface area contributed by atoms with Crippen molar-refractivity contribution in [1.29, 1.82) is 0 Å². The molecule has 0 amide bonds. The molecule has 0 fully saturated rings. The Hall–Kier alpha value is -1.43. The molecule has 1 rings (SSSR count). The Bertz CT molecular complexity index is 435. The first-order valence-electron chi connectivity index (χ1n) is 5.52. The third-order valence-electron chi connectivity index (χ3n) is 2.59. The molecule has 1 aromatic rings. The first-order valence-corrected chi connectivity index (χ1v) is 6.75. The van der Waals surface area contributed by atoms with Crippen molar-refractivity contribution in [2.75, 3.05) is 31.0 Å². The molecule has 0 saturated heterocycles. The molecular weight excluding hydrogens is 250 g/mol. The quantitative estimate of drug-likeness (QED) is 0.796. The molecule has 6 heteroatoms. The number of carbonyl (C=O) groups is 1. The van der Waals surface area contributed by atoms with Crippen LogP contribution in [0, 0.1) is 0 Å². The molecule has 3 N–H and O–H groups in total. The number of hydrogen-bond acceptors (Lipinski definition) is 6. The first kappa shape index (κ1) is 14.6. The number of pyridine rings is 1. The summed E-state index contributed by atoms with van der Waals surface area (Å²) in [5.74, 6) is 0.161. The molecule has 0 aliphatic carbocycles. The van der Waals surface area contributed by atoms with Crippen LogP contribution >= 0.6 is 11.8 Å². The van der Waals surface area contributed by atoms with Crippen LogP contribution in [0.2, 0.25) is 0 Å². The average molecular weight is 269 g/mol. The summed E-state index contributed by atoms with van der Waals surface area (Å²) in [4.78, 5) is 15.6. The van der Waals surface area contributed by atoms with Crippen molar-refractivity contribution < 1.29 is 9.53 Å². The third-order valence-corrected chi connectivity index (χ3v) is 3.84. The standard InChI is InChI=1S/C12H19N3O2S/c1-12(2,18-4)7-15-10-5-8(11(16)17-3)9(13)6-14-10/h5-6H,7,13H2,1-4H3,(H,14,15). The van der Waals surface area contributed by atoms with E-state index in [9.17, 15) is 4.79 Å². The van der Waals surface area contributed by atoms with E-state index in [0.717, 1.165) is 6.54 Å². The number of nitrogen functional groups attached to an aromatic ring is 1. The topological polar surface area (TPSA) is 77.2 Å². The summed E-state index contributed by atoms with van der Waals surface area (Å²) in [6, 6.07) is 1.61. The number of rotatable bonds is 5. The normalized spacial score (nSPS) is 11.1. The lowest BCUT2D eigenvalue weighted by molar-refractivity contribution is 0.0602. The number of hydrogen-bond donors (Lipinski definition) is 2. The van der Waals surface area contributed by atoms with Gasteiger partial charge < -0.3 is 15.8 Å². The van der Waals surface area contributed by atoms with Gasteiger partial charge in [0.2, 0.25) is 0 Å². The lowest BCUT2D eigenvalue weighted by Crippen LogP contribution is -2.26. The van der Waals surface area contributed by atoms with Crippen molar-refractivity contribution in [2.45, 2.75) is 18.6 Å². The van der Waals surface area contributed by atoms with Gasteiger partial charge in [0.05, 0.1) is 24.6 Å². The zero-order valence-corrected chi connectivity index (χ0v) is 11.9. The summed E-state index contributed by atoms with van der Waals surface area (Å²) in [6.45, 7) is 5.00. The number of anilines is 2. The van der Waals surface area contributed by atoms with Crippen LogP contribution in [0.25, 0.3) is 0 Å². The van der Waals surface area contributed by atoms with Gasteiger partial charge in [-0.3, -0.25) is 0 Å². The van der Waals surface area contributed by atoms with Crippen LogP contribution < -0.4 is 11.1 Å². The van der Waals surface area contributed by atoms with Gasteiger partial charge in [-0.1, -0.05) is 0 Å². The Morgan fingerprint density at radius 1 is 1.61 bits per heavy atom. The van der Waals surface area contributed by atoms with Crippen molar-refractivity contribution in [2.24, 2.45) is 0 Å². The predicted octanol–water partition coefficient (Wildman–Crippen LogP) is 2.00. The molecular formula is C12H19N3O2S. The Labute approximate surface area is 111 Å². The molecule has 0 radical (unpaired) electrons. The minimum absolute atomic E-state index is 0.0918. The van der Waals surface area contributed by atoms with Crippen LogP contribution in [0.3, 0.4) is 0 Å². The van der Waals surface area contributed by atoms with E-state index in [1.165, 1.54) is 13.3 Å². The summed E-state index contributed by atoms with van der Waals surface area (Å²) in [5.41, 5.74) is 6.33. The minimum Gasteiger partial charge on any atom is -0.465 e. The maximum absolute atomic E-state index is 11.5. The molecule has 1 heterocycles. The Kier molecular flexibility index (Phi) is 4.84. The van der Waals surface area contributed by atoms with Crippen molar-refractivity contribution in [1.82, 2.24) is 4.98 Å². The molecule has 0 unspecified atom stereocenters. The second-order valence-corrected chi connectivity index (χ2v) is 5.98. The summed E-state index contributed by atoms with van der Waals surface area (Å²) in [5, 5.41) is 3.19. The first-order chi connectivity index (χ1) is 8.39. The molecule has 0 atom stereocenters. The number of thioether (sulfide) groups is 1. The van der Waals surface area contributed by atoms with Crippen LogP contribution in [0.4, 0.5) is 11.5 Å². The lowest BCUT2D eigenvalue weighted by atomic mass is 10.2. The van der Waals surface area contributed by atoms with Crippen molar-refractivity contribution in [3.63, 3.8) is 0 Å². The van der Waals surface area contributed by atoms with E-state index >= 15 is 0 Å². The van der Waals surface area contributed by atoms with Gasteiger partial charge in [0.1, 0.15) is 5.82 Å². The average Bonchev–Trinajstić information content (AvgIpc) is 2.37. The van der Waals surface area contributed by atoms with Gasteiger partial charge in [0.25, 0.3) is 0 Å². The molecule has 18 heavy (non-hydrogen) atoms. The van der Waals surface area contributed by atoms with Gasteiger partial charge in [-0.05, 0) is 26.2 Å². The molecule has 0 aromatic carbocycles. The number of ether oxygens (including phenoxy) is 1. The largest absolute Gasteiger partial charge is 0.465 e. The summed E-state index contributed by atoms with van der Waals surface area (Å²) in [7, 11) is 1.33. The van der Waals surface area contributed by atoms with Crippen LogP contribution in [0.5, 0.6) is 0 Å². The van der Waals surface area contributed by atoms with Gasteiger partial charge in [-0.25, -0.2) is 9.78 Å². The number of nitrogens with two attached hydrogens (primary N) is 1. The number of methoxy groups -OCH3 is 1. The van der Waals surface area contributed by atoms with Gasteiger partial charge >= 0.3 is 5.97 Å². The summed E-state index contributed by atoms with van der Waals surface area (Å²) in [6.07, 6.45) is 3.51. The number of esters is 1. The molecule has 0 aliphatic rings. The van der Waals surface area contributed by atoms with E-state index in [1.54, 1.807) is 17.8 Å². The number of carbonyl (C=O) groups excluding carboxylic acids is 1. The molecule has 0 aliphatic heterocycles. The highest BCUT2D eigenvalue weighted by atomic mass is 32.2. The zero-order valence-electron chi connectivity index (χ0n) is 11.1. The lowest BCUT2D eigenvalue weighted by Gasteiger charge is -2.22. The number of aromatic nitrogens is 1. The SMILES string of the molecule is COC(=O)c1cc(NCC(C)(C)SC)ncc1N. The molecule has 0 bridgehead atoms.